The number of carbonyl (C=O) groups excluding carboxylic acids is 2. The van der Waals surface area contributed by atoms with Crippen molar-refractivity contribution in [3.05, 3.63) is 95.6 Å². The Bertz CT molecular complexity index is 1360. The van der Waals surface area contributed by atoms with Crippen LogP contribution in [-0.2, 0) is 15.0 Å². The van der Waals surface area contributed by atoms with Gasteiger partial charge in [-0.05, 0) is 41.7 Å². The lowest BCUT2D eigenvalue weighted by Crippen LogP contribution is -2.63. The number of hydrogen-bond acceptors (Lipinski definition) is 3. The summed E-state index contributed by atoms with van der Waals surface area (Å²) in [4.78, 5) is 45.4. The van der Waals surface area contributed by atoms with Gasteiger partial charge in [-0.25, -0.2) is 9.59 Å². The van der Waals surface area contributed by atoms with Gasteiger partial charge >= 0.3 is 12.0 Å². The fraction of sp³-hybridized carbons (Fsp3) is 0.281. The zero-order chi connectivity index (χ0) is 27.6. The first-order valence-electron chi connectivity index (χ1n) is 13.5. The number of hydrogen-bond donors (Lipinski definition) is 1. The molecule has 200 valence electrons. The summed E-state index contributed by atoms with van der Waals surface area (Å²) in [7, 11) is 0. The highest BCUT2D eigenvalue weighted by Crippen LogP contribution is 2.38. The van der Waals surface area contributed by atoms with Gasteiger partial charge in [0.05, 0.1) is 23.3 Å². The number of anilines is 2. The number of amides is 3. The number of piperazine rings is 1. The lowest BCUT2D eigenvalue weighted by molar-refractivity contribution is -0.148. The topological polar surface area (TPSA) is 81.2 Å². The van der Waals surface area contributed by atoms with E-state index in [4.69, 9.17) is 0 Å². The molecule has 2 heterocycles. The van der Waals surface area contributed by atoms with Gasteiger partial charge in [0.1, 0.15) is 6.04 Å². The van der Waals surface area contributed by atoms with E-state index in [-0.39, 0.29) is 25.5 Å². The van der Waals surface area contributed by atoms with E-state index < -0.39 is 23.5 Å². The summed E-state index contributed by atoms with van der Waals surface area (Å²) >= 11 is 0. The number of nitrogens with zero attached hydrogens (tertiary/aromatic N) is 3. The second kappa shape index (κ2) is 10.8. The predicted octanol–water partition coefficient (Wildman–Crippen LogP) is 5.78. The van der Waals surface area contributed by atoms with E-state index in [0.717, 1.165) is 16.7 Å². The van der Waals surface area contributed by atoms with E-state index in [1.807, 2.05) is 105 Å². The van der Waals surface area contributed by atoms with Crippen LogP contribution in [0.3, 0.4) is 0 Å². The van der Waals surface area contributed by atoms with Crippen LogP contribution in [0.2, 0.25) is 0 Å². The number of para-hydroxylation sites is 2. The maximum absolute atomic E-state index is 14.2. The average Bonchev–Trinajstić information content (AvgIpc) is 3.15. The highest BCUT2D eigenvalue weighted by molar-refractivity contribution is 6.06. The molecule has 0 aromatic heterocycles. The number of urea groups is 1. The van der Waals surface area contributed by atoms with Gasteiger partial charge in [-0.15, -0.1) is 0 Å². The second-order valence-corrected chi connectivity index (χ2v) is 10.0. The molecule has 1 N–H and O–H groups in total. The van der Waals surface area contributed by atoms with Gasteiger partial charge in [-0.1, -0.05) is 92.7 Å². The van der Waals surface area contributed by atoms with Gasteiger partial charge < -0.3 is 14.9 Å². The van der Waals surface area contributed by atoms with Gasteiger partial charge in [0.25, 0.3) is 0 Å². The monoisotopic (exact) mass is 523 g/mol. The minimum absolute atomic E-state index is 0.0656. The summed E-state index contributed by atoms with van der Waals surface area (Å²) in [6.07, 6.45) is 5.12. The van der Waals surface area contributed by atoms with E-state index in [2.05, 4.69) is 0 Å². The first kappa shape index (κ1) is 26.2. The Morgan fingerprint density at radius 1 is 0.795 bits per heavy atom. The van der Waals surface area contributed by atoms with Crippen LogP contribution in [-0.4, -0.2) is 58.5 Å². The largest absolute Gasteiger partial charge is 0.480 e. The third-order valence-corrected chi connectivity index (χ3v) is 8.13. The Labute approximate surface area is 229 Å². The smallest absolute Gasteiger partial charge is 0.330 e. The SMILES string of the molecule is CCC(CC)(C(=O)N1CCN(C(=O)N2c3ccccc3C=Cc3ccccc32)[C@H](C(=O)O)C1)c1ccccc1. The molecule has 39 heavy (non-hydrogen) atoms. The van der Waals surface area contributed by atoms with Gasteiger partial charge in [-0.3, -0.25) is 9.69 Å². The summed E-state index contributed by atoms with van der Waals surface area (Å²) in [6.45, 7) is 4.30. The molecular weight excluding hydrogens is 490 g/mol. The number of carboxylic acids is 1. The van der Waals surface area contributed by atoms with Crippen molar-refractivity contribution in [1.29, 1.82) is 0 Å². The molecule has 1 fully saturated rings. The third-order valence-electron chi connectivity index (χ3n) is 8.13. The van der Waals surface area contributed by atoms with Crippen molar-refractivity contribution in [3.8, 4) is 0 Å². The van der Waals surface area contributed by atoms with Crippen LogP contribution in [0, 0.1) is 0 Å². The molecule has 3 amide bonds. The molecule has 0 radical (unpaired) electrons. The van der Waals surface area contributed by atoms with Crippen molar-refractivity contribution in [3.63, 3.8) is 0 Å². The Kier molecular flexibility index (Phi) is 7.24. The molecule has 0 saturated carbocycles. The molecule has 2 aliphatic heterocycles. The molecule has 0 aliphatic carbocycles. The zero-order valence-electron chi connectivity index (χ0n) is 22.3. The third kappa shape index (κ3) is 4.58. The zero-order valence-corrected chi connectivity index (χ0v) is 22.3. The Morgan fingerprint density at radius 3 is 1.87 bits per heavy atom. The number of fused-ring (bicyclic) bond motifs is 2. The number of aliphatic carboxylic acids is 1. The molecule has 7 nitrogen and oxygen atoms in total. The first-order chi connectivity index (χ1) is 18.9. The molecule has 1 atom stereocenters. The first-order valence-corrected chi connectivity index (χ1v) is 13.5. The van der Waals surface area contributed by atoms with Crippen molar-refractivity contribution in [2.24, 2.45) is 0 Å². The molecule has 0 spiro atoms. The summed E-state index contributed by atoms with van der Waals surface area (Å²) in [5.74, 6) is -1.22. The van der Waals surface area contributed by atoms with Gasteiger partial charge in [0.15, 0.2) is 0 Å². The molecule has 5 rings (SSSR count). The molecule has 3 aromatic carbocycles. The van der Waals surface area contributed by atoms with Crippen molar-refractivity contribution in [1.82, 2.24) is 9.80 Å². The van der Waals surface area contributed by atoms with Gasteiger partial charge in [0, 0.05) is 13.1 Å². The number of benzene rings is 3. The maximum atomic E-state index is 14.2. The van der Waals surface area contributed by atoms with Crippen LogP contribution in [0.1, 0.15) is 43.4 Å². The van der Waals surface area contributed by atoms with Crippen molar-refractivity contribution >= 4 is 41.4 Å². The maximum Gasteiger partial charge on any atom is 0.330 e. The number of carbonyl (C=O) groups is 3. The quantitative estimate of drug-likeness (QED) is 0.459. The molecule has 0 bridgehead atoms. The van der Waals surface area contributed by atoms with Crippen LogP contribution in [0.5, 0.6) is 0 Å². The normalized spacial score (nSPS) is 16.8. The Balaban J connectivity index is 1.47. The Morgan fingerprint density at radius 2 is 1.33 bits per heavy atom. The van der Waals surface area contributed by atoms with E-state index in [0.29, 0.717) is 24.2 Å². The minimum Gasteiger partial charge on any atom is -0.480 e. The second-order valence-electron chi connectivity index (χ2n) is 10.0. The van der Waals surface area contributed by atoms with Crippen LogP contribution < -0.4 is 4.90 Å². The fourth-order valence-corrected chi connectivity index (χ4v) is 5.86. The molecule has 2 aliphatic rings. The van der Waals surface area contributed by atoms with Crippen LogP contribution in [0.15, 0.2) is 78.9 Å². The van der Waals surface area contributed by atoms with Crippen molar-refractivity contribution < 1.29 is 19.5 Å². The van der Waals surface area contributed by atoms with Crippen LogP contribution in [0.4, 0.5) is 16.2 Å². The van der Waals surface area contributed by atoms with Crippen LogP contribution >= 0.6 is 0 Å². The van der Waals surface area contributed by atoms with Crippen molar-refractivity contribution in [2.75, 3.05) is 24.5 Å². The summed E-state index contributed by atoms with van der Waals surface area (Å²) in [6, 6.07) is 23.2. The van der Waals surface area contributed by atoms with E-state index in [9.17, 15) is 19.5 Å². The lowest BCUT2D eigenvalue weighted by atomic mass is 9.74. The predicted molar refractivity (Wildman–Crippen MR) is 153 cm³/mol. The summed E-state index contributed by atoms with van der Waals surface area (Å²) in [5, 5.41) is 10.3. The number of rotatable bonds is 5. The van der Waals surface area contributed by atoms with Crippen molar-refractivity contribution in [2.45, 2.75) is 38.1 Å². The average molecular weight is 524 g/mol. The van der Waals surface area contributed by atoms with E-state index >= 15 is 0 Å². The highest BCUT2D eigenvalue weighted by atomic mass is 16.4. The Hall–Kier alpha value is -4.39. The molecule has 7 heteroatoms. The van der Waals surface area contributed by atoms with Gasteiger partial charge in [0.2, 0.25) is 5.91 Å². The number of carboxylic acid groups (broad SMARTS) is 1. The molecular formula is C32H33N3O4. The standard InChI is InChI=1S/C32H33N3O4/c1-3-32(4-2,25-14-6-5-7-15-25)30(38)33-20-21-34(28(22-33)29(36)37)31(39)35-26-16-10-8-12-23(26)18-19-24-13-9-11-17-27(24)35/h5-19,28H,3-4,20-22H2,1-2H3,(H,36,37)/t28-/m0/s1. The van der Waals surface area contributed by atoms with E-state index in [1.54, 1.807) is 9.80 Å². The van der Waals surface area contributed by atoms with Crippen LogP contribution in [0.25, 0.3) is 12.2 Å². The summed E-state index contributed by atoms with van der Waals surface area (Å²) in [5.41, 5.74) is 3.28. The fourth-order valence-electron chi connectivity index (χ4n) is 5.86. The van der Waals surface area contributed by atoms with Gasteiger partial charge in [-0.2, -0.15) is 0 Å². The molecule has 0 unspecified atom stereocenters. The minimum atomic E-state index is -1.17. The lowest BCUT2D eigenvalue weighted by Gasteiger charge is -2.44. The highest BCUT2D eigenvalue weighted by Gasteiger charge is 2.45. The summed E-state index contributed by atoms with van der Waals surface area (Å²) < 4.78 is 0. The molecule has 1 saturated heterocycles. The molecule has 3 aromatic rings. The van der Waals surface area contributed by atoms with E-state index in [1.165, 1.54) is 4.90 Å².